The van der Waals surface area contributed by atoms with E-state index in [0.29, 0.717) is 5.56 Å². The number of hydrogen-bond donors (Lipinski definition) is 1. The molecule has 0 aliphatic heterocycles. The second-order valence-corrected chi connectivity index (χ2v) is 4.17. The van der Waals surface area contributed by atoms with E-state index in [0.717, 1.165) is 0 Å². The standard InChI is InChI=1S/C10H12NO4S/c1-10(9(12)13,11-16(14)15-2)8-6-4-3-5-7-8/h3-7H,1-2H3,(H,12,13)/q-1/t10-/m0/s1. The van der Waals surface area contributed by atoms with Gasteiger partial charge in [-0.05, 0) is 12.5 Å². The van der Waals surface area contributed by atoms with Crippen LogP contribution < -0.4 is 0 Å². The molecule has 1 aromatic rings. The largest absolute Gasteiger partial charge is 0.479 e. The third-order valence-corrected chi connectivity index (χ3v) is 2.95. The van der Waals surface area contributed by atoms with Crippen LogP contribution in [-0.2, 0) is 29.6 Å². The van der Waals surface area contributed by atoms with Crippen molar-refractivity contribution in [3.8, 4) is 0 Å². The van der Waals surface area contributed by atoms with Gasteiger partial charge in [0.15, 0.2) is 5.54 Å². The van der Waals surface area contributed by atoms with Crippen molar-refractivity contribution < 1.29 is 18.3 Å². The summed E-state index contributed by atoms with van der Waals surface area (Å²) in [5.41, 5.74) is -1.12. The average Bonchev–Trinajstić information content (AvgIpc) is 2.29. The molecule has 0 aliphatic rings. The summed E-state index contributed by atoms with van der Waals surface area (Å²) in [4.78, 5) is 11.2. The molecular weight excluding hydrogens is 230 g/mol. The van der Waals surface area contributed by atoms with Crippen LogP contribution in [0.2, 0.25) is 0 Å². The van der Waals surface area contributed by atoms with Crippen LogP contribution in [0.4, 0.5) is 0 Å². The van der Waals surface area contributed by atoms with E-state index in [2.05, 4.69) is 8.55 Å². The molecule has 1 N–H and O–H groups in total. The molecule has 0 fully saturated rings. The Balaban J connectivity index is 3.29. The third kappa shape index (κ3) is 2.59. The van der Waals surface area contributed by atoms with Gasteiger partial charge < -0.3 is 17.9 Å². The Kier molecular flexibility index (Phi) is 4.03. The van der Waals surface area contributed by atoms with Gasteiger partial charge in [-0.2, -0.15) is 0 Å². The van der Waals surface area contributed by atoms with Gasteiger partial charge in [0.25, 0.3) is 0 Å². The molecule has 0 saturated heterocycles. The third-order valence-electron chi connectivity index (χ3n) is 2.15. The van der Waals surface area contributed by atoms with E-state index in [1.54, 1.807) is 30.3 Å². The highest BCUT2D eigenvalue weighted by atomic mass is 32.2. The van der Waals surface area contributed by atoms with Crippen molar-refractivity contribution in [3.05, 3.63) is 35.9 Å². The summed E-state index contributed by atoms with van der Waals surface area (Å²) < 4.78 is 19.3. The maximum atomic E-state index is 11.2. The lowest BCUT2D eigenvalue weighted by atomic mass is 9.94. The van der Waals surface area contributed by atoms with Crippen LogP contribution in [0.5, 0.6) is 0 Å². The van der Waals surface area contributed by atoms with Crippen LogP contribution >= 0.6 is 0 Å². The lowest BCUT2D eigenvalue weighted by Crippen LogP contribution is -2.30. The Morgan fingerprint density at radius 1 is 1.44 bits per heavy atom. The molecule has 5 nitrogen and oxygen atoms in total. The van der Waals surface area contributed by atoms with Crippen molar-refractivity contribution >= 4 is 16.8 Å². The van der Waals surface area contributed by atoms with Gasteiger partial charge >= 0.3 is 5.97 Å². The second kappa shape index (κ2) is 5.09. The van der Waals surface area contributed by atoms with Crippen LogP contribution in [0.3, 0.4) is 0 Å². The molecule has 0 bridgehead atoms. The summed E-state index contributed by atoms with van der Waals surface area (Å²) in [6.07, 6.45) is 0. The van der Waals surface area contributed by atoms with Crippen molar-refractivity contribution in [1.82, 2.24) is 0 Å². The zero-order valence-electron chi connectivity index (χ0n) is 8.91. The first-order chi connectivity index (χ1) is 7.50. The second-order valence-electron chi connectivity index (χ2n) is 3.22. The summed E-state index contributed by atoms with van der Waals surface area (Å²) in [5.74, 6) is -1.18. The minimum atomic E-state index is -1.97. The average molecular weight is 242 g/mol. The molecule has 6 heteroatoms. The van der Waals surface area contributed by atoms with Crippen LogP contribution in [0.1, 0.15) is 12.5 Å². The molecule has 0 aromatic heterocycles. The van der Waals surface area contributed by atoms with Gasteiger partial charge in [-0.1, -0.05) is 41.2 Å². The quantitative estimate of drug-likeness (QED) is 0.815. The molecule has 0 unspecified atom stereocenters. The summed E-state index contributed by atoms with van der Waals surface area (Å²) in [5, 5.41) is 9.15. The highest BCUT2D eigenvalue weighted by Crippen LogP contribution is 2.26. The van der Waals surface area contributed by atoms with Crippen molar-refractivity contribution in [2.24, 2.45) is 4.36 Å². The summed E-state index contributed by atoms with van der Waals surface area (Å²) in [7, 11) is -0.772. The monoisotopic (exact) mass is 242 g/mol. The van der Waals surface area contributed by atoms with Gasteiger partial charge in [0.1, 0.15) is 0 Å². The maximum Gasteiger partial charge on any atom is 0.333 e. The fourth-order valence-electron chi connectivity index (χ4n) is 1.16. The number of rotatable bonds is 4. The SMILES string of the molecule is CO[S-](=O)=N[C@](C)(C(=O)O)c1ccccc1. The van der Waals surface area contributed by atoms with Crippen molar-refractivity contribution in [2.45, 2.75) is 12.5 Å². The molecule has 0 heterocycles. The van der Waals surface area contributed by atoms with Crippen LogP contribution in [-0.4, -0.2) is 18.2 Å². The van der Waals surface area contributed by atoms with E-state index >= 15 is 0 Å². The molecule has 1 atom stereocenters. The summed E-state index contributed by atoms with van der Waals surface area (Å²) >= 11 is 0. The number of nitrogens with zero attached hydrogens (tertiary/aromatic N) is 1. The van der Waals surface area contributed by atoms with Gasteiger partial charge in [-0.25, -0.2) is 4.79 Å². The number of carbonyl (C=O) groups is 1. The Morgan fingerprint density at radius 2 is 2.00 bits per heavy atom. The van der Waals surface area contributed by atoms with Crippen molar-refractivity contribution in [1.29, 1.82) is 0 Å². The smallest absolute Gasteiger partial charge is 0.333 e. The topological polar surface area (TPSA) is 76.0 Å². The molecule has 0 saturated carbocycles. The summed E-state index contributed by atoms with van der Waals surface area (Å²) in [6, 6.07) is 8.39. The fourth-order valence-corrected chi connectivity index (χ4v) is 1.72. The van der Waals surface area contributed by atoms with Crippen LogP contribution in [0.25, 0.3) is 0 Å². The Labute approximate surface area is 95.5 Å². The van der Waals surface area contributed by atoms with Gasteiger partial charge in [-0.3, -0.25) is 0 Å². The lowest BCUT2D eigenvalue weighted by Gasteiger charge is -2.24. The minimum Gasteiger partial charge on any atom is -0.479 e. The molecule has 1 aromatic carbocycles. The minimum absolute atomic E-state index is 0.452. The van der Waals surface area contributed by atoms with E-state index in [1.807, 2.05) is 0 Å². The first-order valence-corrected chi connectivity index (χ1v) is 5.52. The van der Waals surface area contributed by atoms with Gasteiger partial charge in [0, 0.05) is 7.11 Å². The predicted molar refractivity (Wildman–Crippen MR) is 58.9 cm³/mol. The number of carboxylic acids is 1. The van der Waals surface area contributed by atoms with Crippen LogP contribution in [0, 0.1) is 0 Å². The highest BCUT2D eigenvalue weighted by molar-refractivity contribution is 7.69. The van der Waals surface area contributed by atoms with E-state index in [1.165, 1.54) is 14.0 Å². The fraction of sp³-hybridized carbons (Fsp3) is 0.300. The van der Waals surface area contributed by atoms with Gasteiger partial charge in [-0.15, -0.1) is 0 Å². The number of benzene rings is 1. The molecule has 16 heavy (non-hydrogen) atoms. The first kappa shape index (κ1) is 12.7. The lowest BCUT2D eigenvalue weighted by molar-refractivity contribution is -0.142. The molecule has 0 amide bonds. The van der Waals surface area contributed by atoms with E-state index in [4.69, 9.17) is 5.11 Å². The Bertz CT molecular complexity index is 453. The molecule has 1 rings (SSSR count). The highest BCUT2D eigenvalue weighted by Gasteiger charge is 2.32. The predicted octanol–water partition coefficient (Wildman–Crippen LogP) is 1.70. The zero-order chi connectivity index (χ0) is 12.2. The molecule has 88 valence electrons. The van der Waals surface area contributed by atoms with E-state index in [9.17, 15) is 9.00 Å². The zero-order valence-corrected chi connectivity index (χ0v) is 9.73. The number of carboxylic acid groups (broad SMARTS) is 1. The van der Waals surface area contributed by atoms with Crippen molar-refractivity contribution in [3.63, 3.8) is 0 Å². The van der Waals surface area contributed by atoms with E-state index < -0.39 is 22.4 Å². The molecule has 0 radical (unpaired) electrons. The summed E-state index contributed by atoms with van der Waals surface area (Å²) in [6.45, 7) is 1.38. The number of aliphatic carboxylic acids is 1. The molecule has 0 aliphatic carbocycles. The van der Waals surface area contributed by atoms with Crippen molar-refractivity contribution in [2.75, 3.05) is 7.11 Å². The Hall–Kier alpha value is -1.40. The van der Waals surface area contributed by atoms with Gasteiger partial charge in [0.05, 0.1) is 0 Å². The first-order valence-electron chi connectivity index (χ1n) is 4.49. The molecule has 0 spiro atoms. The Morgan fingerprint density at radius 3 is 2.44 bits per heavy atom. The normalized spacial score (nSPS) is 16.6. The van der Waals surface area contributed by atoms with E-state index in [-0.39, 0.29) is 0 Å². The molecular formula is C10H12NO4S-. The maximum absolute atomic E-state index is 11.2. The number of hydrogen-bond acceptors (Lipinski definition) is 5. The van der Waals surface area contributed by atoms with Crippen LogP contribution in [0.15, 0.2) is 34.7 Å². The van der Waals surface area contributed by atoms with Gasteiger partial charge in [0.2, 0.25) is 0 Å².